The van der Waals surface area contributed by atoms with Gasteiger partial charge in [0, 0.05) is 20.3 Å². The number of hydrogen-bond acceptors (Lipinski definition) is 5. The number of nitrogens with one attached hydrogen (secondary N) is 1. The highest BCUT2D eigenvalue weighted by Gasteiger charge is 1.99. The predicted molar refractivity (Wildman–Crippen MR) is 56.8 cm³/mol. The SMILES string of the molecule is CCNCC(=O)OCCOCCCOC. The predicted octanol–water partition coefficient (Wildman–Crippen LogP) is 0.192. The molecule has 0 aliphatic heterocycles. The molecule has 0 aromatic heterocycles. The average Bonchev–Trinajstić information content (AvgIpc) is 2.25. The molecule has 0 unspecified atom stereocenters. The number of esters is 1. The maximum Gasteiger partial charge on any atom is 0.319 e. The fourth-order valence-corrected chi connectivity index (χ4v) is 0.900. The topological polar surface area (TPSA) is 56.8 Å². The Hall–Kier alpha value is -0.650. The molecule has 5 nitrogen and oxygen atoms in total. The van der Waals surface area contributed by atoms with Gasteiger partial charge in [-0.1, -0.05) is 6.92 Å². The molecule has 0 aromatic rings. The molecular weight excluding hydrogens is 198 g/mol. The number of hydrogen-bond donors (Lipinski definition) is 1. The van der Waals surface area contributed by atoms with E-state index >= 15 is 0 Å². The van der Waals surface area contributed by atoms with Crippen LogP contribution in [0.3, 0.4) is 0 Å². The maximum absolute atomic E-state index is 11.0. The molecule has 0 aromatic carbocycles. The van der Waals surface area contributed by atoms with Crippen molar-refractivity contribution < 1.29 is 19.0 Å². The van der Waals surface area contributed by atoms with Gasteiger partial charge in [0.25, 0.3) is 0 Å². The van der Waals surface area contributed by atoms with E-state index in [0.29, 0.717) is 26.4 Å². The van der Waals surface area contributed by atoms with Crippen LogP contribution < -0.4 is 5.32 Å². The molecule has 0 aliphatic rings. The number of carbonyl (C=O) groups excluding carboxylic acids is 1. The van der Waals surface area contributed by atoms with Crippen LogP contribution in [0.25, 0.3) is 0 Å². The fraction of sp³-hybridized carbons (Fsp3) is 0.900. The number of methoxy groups -OCH3 is 1. The van der Waals surface area contributed by atoms with E-state index in [1.165, 1.54) is 0 Å². The van der Waals surface area contributed by atoms with Crippen molar-refractivity contribution in [3.05, 3.63) is 0 Å². The lowest BCUT2D eigenvalue weighted by Crippen LogP contribution is -2.25. The zero-order chi connectivity index (χ0) is 11.4. The van der Waals surface area contributed by atoms with Crippen molar-refractivity contribution in [1.82, 2.24) is 5.32 Å². The second-order valence-electron chi connectivity index (χ2n) is 2.96. The van der Waals surface area contributed by atoms with E-state index in [1.54, 1.807) is 7.11 Å². The highest BCUT2D eigenvalue weighted by Crippen LogP contribution is 1.84. The van der Waals surface area contributed by atoms with Gasteiger partial charge in [-0.3, -0.25) is 4.79 Å². The van der Waals surface area contributed by atoms with Gasteiger partial charge in [0.15, 0.2) is 0 Å². The van der Waals surface area contributed by atoms with Gasteiger partial charge in [-0.05, 0) is 13.0 Å². The van der Waals surface area contributed by atoms with Crippen LogP contribution in [0.5, 0.6) is 0 Å². The summed E-state index contributed by atoms with van der Waals surface area (Å²) in [5, 5.41) is 2.88. The molecule has 0 bridgehead atoms. The van der Waals surface area contributed by atoms with E-state index in [1.807, 2.05) is 6.92 Å². The molecule has 1 N–H and O–H groups in total. The Balaban J connectivity index is 3.06. The van der Waals surface area contributed by atoms with Crippen LogP contribution in [-0.4, -0.2) is 52.6 Å². The monoisotopic (exact) mass is 219 g/mol. The normalized spacial score (nSPS) is 10.3. The van der Waals surface area contributed by atoms with Crippen molar-refractivity contribution in [2.45, 2.75) is 13.3 Å². The van der Waals surface area contributed by atoms with E-state index < -0.39 is 0 Å². The van der Waals surface area contributed by atoms with Crippen molar-refractivity contribution in [3.63, 3.8) is 0 Å². The standard InChI is InChI=1S/C10H21NO4/c1-3-11-9-10(12)15-8-7-14-6-4-5-13-2/h11H,3-9H2,1-2H3. The summed E-state index contributed by atoms with van der Waals surface area (Å²) in [6.45, 7) is 5.06. The molecular formula is C10H21NO4. The number of carbonyl (C=O) groups is 1. The van der Waals surface area contributed by atoms with Crippen molar-refractivity contribution in [3.8, 4) is 0 Å². The van der Waals surface area contributed by atoms with Gasteiger partial charge >= 0.3 is 5.97 Å². The third-order valence-corrected chi connectivity index (χ3v) is 1.65. The molecule has 15 heavy (non-hydrogen) atoms. The van der Waals surface area contributed by atoms with Gasteiger partial charge in [0.1, 0.15) is 6.61 Å². The molecule has 0 amide bonds. The molecule has 0 saturated carbocycles. The Kier molecular flexibility index (Phi) is 10.9. The quantitative estimate of drug-likeness (QED) is 0.420. The first-order chi connectivity index (χ1) is 7.31. The summed E-state index contributed by atoms with van der Waals surface area (Å²) in [7, 11) is 1.66. The van der Waals surface area contributed by atoms with E-state index in [4.69, 9.17) is 14.2 Å². The molecule has 0 radical (unpaired) electrons. The smallest absolute Gasteiger partial charge is 0.319 e. The zero-order valence-corrected chi connectivity index (χ0v) is 9.58. The first kappa shape index (κ1) is 14.3. The van der Waals surface area contributed by atoms with E-state index in [9.17, 15) is 4.79 Å². The Morgan fingerprint density at radius 3 is 2.67 bits per heavy atom. The molecule has 0 atom stereocenters. The van der Waals surface area contributed by atoms with Crippen LogP contribution in [0.2, 0.25) is 0 Å². The first-order valence-corrected chi connectivity index (χ1v) is 5.24. The second kappa shape index (κ2) is 11.4. The summed E-state index contributed by atoms with van der Waals surface area (Å²) in [4.78, 5) is 11.0. The molecule has 5 heteroatoms. The second-order valence-corrected chi connectivity index (χ2v) is 2.96. The average molecular weight is 219 g/mol. The van der Waals surface area contributed by atoms with Gasteiger partial charge < -0.3 is 19.5 Å². The van der Waals surface area contributed by atoms with Gasteiger partial charge in [0.2, 0.25) is 0 Å². The molecule has 90 valence electrons. The number of likely N-dealkylation sites (N-methyl/N-ethyl adjacent to an activating group) is 1. The van der Waals surface area contributed by atoms with Gasteiger partial charge in [-0.15, -0.1) is 0 Å². The third-order valence-electron chi connectivity index (χ3n) is 1.65. The highest BCUT2D eigenvalue weighted by molar-refractivity contribution is 5.71. The van der Waals surface area contributed by atoms with E-state index in [2.05, 4.69) is 5.32 Å². The Morgan fingerprint density at radius 2 is 2.00 bits per heavy atom. The van der Waals surface area contributed by atoms with Crippen molar-refractivity contribution >= 4 is 5.97 Å². The van der Waals surface area contributed by atoms with Crippen molar-refractivity contribution in [2.75, 3.05) is 46.6 Å². The fourth-order valence-electron chi connectivity index (χ4n) is 0.900. The molecule has 0 rings (SSSR count). The largest absolute Gasteiger partial charge is 0.462 e. The van der Waals surface area contributed by atoms with E-state index in [-0.39, 0.29) is 12.5 Å². The molecule has 0 saturated heterocycles. The summed E-state index contributed by atoms with van der Waals surface area (Å²) < 4.78 is 15.0. The minimum Gasteiger partial charge on any atom is -0.462 e. The summed E-state index contributed by atoms with van der Waals surface area (Å²) in [6, 6.07) is 0. The Labute approximate surface area is 91.1 Å². The van der Waals surface area contributed by atoms with Crippen molar-refractivity contribution in [1.29, 1.82) is 0 Å². The lowest BCUT2D eigenvalue weighted by atomic mass is 10.5. The summed E-state index contributed by atoms with van der Waals surface area (Å²) >= 11 is 0. The third kappa shape index (κ3) is 11.3. The number of ether oxygens (including phenoxy) is 3. The highest BCUT2D eigenvalue weighted by atomic mass is 16.6. The minimum atomic E-state index is -0.239. The molecule has 0 spiro atoms. The maximum atomic E-state index is 11.0. The minimum absolute atomic E-state index is 0.239. The first-order valence-electron chi connectivity index (χ1n) is 5.24. The molecule has 0 heterocycles. The van der Waals surface area contributed by atoms with Gasteiger partial charge in [-0.25, -0.2) is 0 Å². The Bertz CT molecular complexity index is 152. The van der Waals surface area contributed by atoms with Crippen LogP contribution in [0, 0.1) is 0 Å². The van der Waals surface area contributed by atoms with Crippen molar-refractivity contribution in [2.24, 2.45) is 0 Å². The summed E-state index contributed by atoms with van der Waals surface area (Å²) in [6.07, 6.45) is 0.863. The number of rotatable bonds is 10. The van der Waals surface area contributed by atoms with Gasteiger partial charge in [-0.2, -0.15) is 0 Å². The molecule has 0 aliphatic carbocycles. The van der Waals surface area contributed by atoms with Crippen LogP contribution in [0.4, 0.5) is 0 Å². The lowest BCUT2D eigenvalue weighted by molar-refractivity contribution is -0.144. The van der Waals surface area contributed by atoms with E-state index in [0.717, 1.165) is 13.0 Å². The Morgan fingerprint density at radius 1 is 1.20 bits per heavy atom. The lowest BCUT2D eigenvalue weighted by Gasteiger charge is -2.06. The van der Waals surface area contributed by atoms with Gasteiger partial charge in [0.05, 0.1) is 13.2 Å². The van der Waals surface area contributed by atoms with Crippen LogP contribution in [0.15, 0.2) is 0 Å². The summed E-state index contributed by atoms with van der Waals surface area (Å²) in [5.74, 6) is -0.239. The zero-order valence-electron chi connectivity index (χ0n) is 9.58. The van der Waals surface area contributed by atoms with Crippen LogP contribution in [-0.2, 0) is 19.0 Å². The van der Waals surface area contributed by atoms with Crippen LogP contribution in [0.1, 0.15) is 13.3 Å². The van der Waals surface area contributed by atoms with Crippen LogP contribution >= 0.6 is 0 Å². The summed E-state index contributed by atoms with van der Waals surface area (Å²) in [5.41, 5.74) is 0. The molecule has 0 fully saturated rings.